The summed E-state index contributed by atoms with van der Waals surface area (Å²) >= 11 is 15.5. The van der Waals surface area contributed by atoms with E-state index in [1.807, 2.05) is 24.3 Å². The minimum Gasteiger partial charge on any atom is -0.388 e. The average molecular weight is 346 g/mol. The second-order valence-electron chi connectivity index (χ2n) is 3.95. The van der Waals surface area contributed by atoms with Gasteiger partial charge < -0.3 is 5.11 Å². The Morgan fingerprint density at radius 3 is 2.50 bits per heavy atom. The summed E-state index contributed by atoms with van der Waals surface area (Å²) in [4.78, 5) is 0. The molecule has 1 atom stereocenters. The van der Waals surface area contributed by atoms with Crippen LogP contribution in [0.5, 0.6) is 0 Å². The highest BCUT2D eigenvalue weighted by Crippen LogP contribution is 2.32. The number of benzene rings is 2. The molecule has 1 unspecified atom stereocenters. The number of rotatable bonds is 3. The molecule has 2 aromatic rings. The second-order valence-corrected chi connectivity index (χ2v) is 5.59. The van der Waals surface area contributed by atoms with Crippen molar-refractivity contribution in [2.24, 2.45) is 0 Å². The Balaban J connectivity index is 2.25. The molecule has 0 saturated heterocycles. The molecule has 0 radical (unpaired) electrons. The first-order valence-electron chi connectivity index (χ1n) is 5.45. The Labute approximate surface area is 124 Å². The van der Waals surface area contributed by atoms with Crippen molar-refractivity contribution in [3.63, 3.8) is 0 Å². The number of aliphatic hydroxyl groups is 1. The Kier molecular flexibility index (Phi) is 4.68. The summed E-state index contributed by atoms with van der Waals surface area (Å²) in [6, 6.07) is 13.1. The number of hydrogen-bond donors (Lipinski definition) is 1. The lowest BCUT2D eigenvalue weighted by atomic mass is 10.0. The molecule has 1 N–H and O–H groups in total. The van der Waals surface area contributed by atoms with Crippen LogP contribution in [-0.4, -0.2) is 5.11 Å². The van der Waals surface area contributed by atoms with Gasteiger partial charge in [-0.3, -0.25) is 0 Å². The van der Waals surface area contributed by atoms with Crippen LogP contribution in [-0.2, 0) is 6.42 Å². The molecule has 2 aromatic carbocycles. The zero-order valence-electron chi connectivity index (χ0n) is 9.41. The van der Waals surface area contributed by atoms with Gasteiger partial charge in [-0.15, -0.1) is 0 Å². The van der Waals surface area contributed by atoms with Crippen molar-refractivity contribution in [2.45, 2.75) is 12.5 Å². The third-order valence-corrected chi connectivity index (χ3v) is 4.32. The Morgan fingerprint density at radius 2 is 1.78 bits per heavy atom. The van der Waals surface area contributed by atoms with Gasteiger partial charge in [-0.25, -0.2) is 0 Å². The lowest BCUT2D eigenvalue weighted by Gasteiger charge is -2.14. The number of hydrogen-bond acceptors (Lipinski definition) is 1. The quantitative estimate of drug-likeness (QED) is 0.826. The highest BCUT2D eigenvalue weighted by molar-refractivity contribution is 9.10. The van der Waals surface area contributed by atoms with E-state index in [0.717, 1.165) is 10.0 Å². The SMILES string of the molecule is OC(Cc1ccccc1Br)c1cccc(Cl)c1Cl. The molecule has 0 saturated carbocycles. The highest BCUT2D eigenvalue weighted by atomic mass is 79.9. The van der Waals surface area contributed by atoms with Gasteiger partial charge in [0.2, 0.25) is 0 Å². The maximum Gasteiger partial charge on any atom is 0.0845 e. The van der Waals surface area contributed by atoms with Gasteiger partial charge in [-0.05, 0) is 17.7 Å². The summed E-state index contributed by atoms with van der Waals surface area (Å²) in [6.07, 6.45) is -0.184. The molecule has 4 heteroatoms. The Morgan fingerprint density at radius 1 is 1.06 bits per heavy atom. The van der Waals surface area contributed by atoms with Gasteiger partial charge in [0.05, 0.1) is 16.1 Å². The van der Waals surface area contributed by atoms with Crippen molar-refractivity contribution in [1.29, 1.82) is 0 Å². The Bertz CT molecular complexity index is 557. The second kappa shape index (κ2) is 6.07. The monoisotopic (exact) mass is 344 g/mol. The largest absolute Gasteiger partial charge is 0.388 e. The van der Waals surface area contributed by atoms with Crippen LogP contribution >= 0.6 is 39.1 Å². The predicted octanol–water partition coefficient (Wildman–Crippen LogP) is 5.03. The van der Waals surface area contributed by atoms with Crippen molar-refractivity contribution in [1.82, 2.24) is 0 Å². The first-order chi connectivity index (χ1) is 8.59. The van der Waals surface area contributed by atoms with Crippen LogP contribution in [0.15, 0.2) is 46.9 Å². The van der Waals surface area contributed by atoms with E-state index in [-0.39, 0.29) is 0 Å². The molecule has 0 heterocycles. The molecular formula is C14H11BrCl2O. The van der Waals surface area contributed by atoms with Gasteiger partial charge >= 0.3 is 0 Å². The Hall–Kier alpha value is -0.540. The summed E-state index contributed by atoms with van der Waals surface area (Å²) in [7, 11) is 0. The number of aliphatic hydroxyl groups excluding tert-OH is 1. The van der Waals surface area contributed by atoms with E-state index in [4.69, 9.17) is 23.2 Å². The van der Waals surface area contributed by atoms with Crippen LogP contribution in [0.25, 0.3) is 0 Å². The van der Waals surface area contributed by atoms with Crippen LogP contribution in [0.2, 0.25) is 10.0 Å². The van der Waals surface area contributed by atoms with Crippen molar-refractivity contribution in [3.05, 3.63) is 68.1 Å². The molecule has 18 heavy (non-hydrogen) atoms. The van der Waals surface area contributed by atoms with E-state index < -0.39 is 6.10 Å². The predicted molar refractivity (Wildman–Crippen MR) is 79.3 cm³/mol. The van der Waals surface area contributed by atoms with Gasteiger partial charge in [0.1, 0.15) is 0 Å². The van der Waals surface area contributed by atoms with Gasteiger partial charge in [0.15, 0.2) is 0 Å². The average Bonchev–Trinajstić information content (AvgIpc) is 2.35. The van der Waals surface area contributed by atoms with Crippen molar-refractivity contribution >= 4 is 39.1 Å². The molecule has 0 spiro atoms. The summed E-state index contributed by atoms with van der Waals surface area (Å²) in [6.45, 7) is 0. The van der Waals surface area contributed by atoms with Crippen molar-refractivity contribution < 1.29 is 5.11 Å². The maximum atomic E-state index is 10.2. The van der Waals surface area contributed by atoms with Crippen LogP contribution in [0, 0.1) is 0 Å². The molecule has 0 aliphatic rings. The molecule has 0 aromatic heterocycles. The van der Waals surface area contributed by atoms with Crippen LogP contribution < -0.4 is 0 Å². The summed E-state index contributed by atoms with van der Waals surface area (Å²) in [5, 5.41) is 11.1. The van der Waals surface area contributed by atoms with E-state index >= 15 is 0 Å². The summed E-state index contributed by atoms with van der Waals surface area (Å²) in [5.41, 5.74) is 1.68. The third kappa shape index (κ3) is 3.07. The third-order valence-electron chi connectivity index (χ3n) is 2.71. The molecular weight excluding hydrogens is 335 g/mol. The lowest BCUT2D eigenvalue weighted by molar-refractivity contribution is 0.178. The first-order valence-corrected chi connectivity index (χ1v) is 7.00. The molecule has 0 fully saturated rings. The molecule has 0 bridgehead atoms. The minimum atomic E-state index is -0.671. The fourth-order valence-corrected chi connectivity index (χ4v) is 2.64. The van der Waals surface area contributed by atoms with E-state index in [9.17, 15) is 5.11 Å². The molecule has 1 nitrogen and oxygen atoms in total. The smallest absolute Gasteiger partial charge is 0.0845 e. The van der Waals surface area contributed by atoms with E-state index in [1.54, 1.807) is 18.2 Å². The van der Waals surface area contributed by atoms with Gasteiger partial charge in [0.25, 0.3) is 0 Å². The topological polar surface area (TPSA) is 20.2 Å². The van der Waals surface area contributed by atoms with Crippen molar-refractivity contribution in [3.8, 4) is 0 Å². The molecule has 0 amide bonds. The molecule has 0 aliphatic heterocycles. The van der Waals surface area contributed by atoms with Crippen LogP contribution in [0.1, 0.15) is 17.2 Å². The zero-order chi connectivity index (χ0) is 13.1. The first kappa shape index (κ1) is 13.9. The highest BCUT2D eigenvalue weighted by Gasteiger charge is 2.15. The van der Waals surface area contributed by atoms with Gasteiger partial charge in [0, 0.05) is 16.5 Å². The lowest BCUT2D eigenvalue weighted by Crippen LogP contribution is -2.03. The van der Waals surface area contributed by atoms with Crippen molar-refractivity contribution in [2.75, 3.05) is 0 Å². The normalized spacial score (nSPS) is 12.4. The fraction of sp³-hybridized carbons (Fsp3) is 0.143. The fourth-order valence-electron chi connectivity index (χ4n) is 1.76. The molecule has 0 aliphatic carbocycles. The number of halogens is 3. The van der Waals surface area contributed by atoms with Crippen LogP contribution in [0.4, 0.5) is 0 Å². The zero-order valence-corrected chi connectivity index (χ0v) is 12.5. The summed E-state index contributed by atoms with van der Waals surface area (Å²) in [5.74, 6) is 0. The van der Waals surface area contributed by atoms with Gasteiger partial charge in [-0.2, -0.15) is 0 Å². The minimum absolute atomic E-state index is 0.415. The maximum absolute atomic E-state index is 10.2. The molecule has 94 valence electrons. The van der Waals surface area contributed by atoms with Crippen LogP contribution in [0.3, 0.4) is 0 Å². The summed E-state index contributed by atoms with van der Waals surface area (Å²) < 4.78 is 0.974. The van der Waals surface area contributed by atoms with Gasteiger partial charge in [-0.1, -0.05) is 69.5 Å². The van der Waals surface area contributed by atoms with E-state index in [2.05, 4.69) is 15.9 Å². The van der Waals surface area contributed by atoms with E-state index in [1.165, 1.54) is 0 Å². The standard InChI is InChI=1S/C14H11BrCl2O/c15-11-6-2-1-4-9(11)8-13(18)10-5-3-7-12(16)14(10)17/h1-7,13,18H,8H2. The van der Waals surface area contributed by atoms with E-state index in [0.29, 0.717) is 22.0 Å². The molecule has 2 rings (SSSR count).